The van der Waals surface area contributed by atoms with Crippen molar-refractivity contribution in [1.29, 1.82) is 0 Å². The molecule has 0 saturated heterocycles. The molecule has 0 bridgehead atoms. The number of hydrogen-bond acceptors (Lipinski definition) is 3. The summed E-state index contributed by atoms with van der Waals surface area (Å²) < 4.78 is 5.94. The summed E-state index contributed by atoms with van der Waals surface area (Å²) in [5.74, 6) is 0.146. The van der Waals surface area contributed by atoms with E-state index in [4.69, 9.17) is 4.42 Å². The van der Waals surface area contributed by atoms with Crippen molar-refractivity contribution in [3.8, 4) is 0 Å². The van der Waals surface area contributed by atoms with Crippen molar-refractivity contribution in [1.82, 2.24) is 10.3 Å². The van der Waals surface area contributed by atoms with Gasteiger partial charge in [0, 0.05) is 22.5 Å². The van der Waals surface area contributed by atoms with Gasteiger partial charge in [0.2, 0.25) is 0 Å². The maximum absolute atomic E-state index is 12.7. The van der Waals surface area contributed by atoms with Crippen molar-refractivity contribution in [3.05, 3.63) is 77.7 Å². The summed E-state index contributed by atoms with van der Waals surface area (Å²) in [6, 6.07) is 20.0. The maximum atomic E-state index is 12.7. The molecule has 4 heteroatoms. The number of aromatic nitrogens is 1. The molecule has 2 aromatic carbocycles. The first-order chi connectivity index (χ1) is 13.1. The third-order valence-corrected chi connectivity index (χ3v) is 4.87. The lowest BCUT2D eigenvalue weighted by molar-refractivity contribution is 0.0912. The van der Waals surface area contributed by atoms with E-state index in [9.17, 15) is 4.79 Å². The Morgan fingerprint density at radius 2 is 1.81 bits per heavy atom. The SMILES string of the molecule is Cc1nc2ccccc2c2oc(C(=O)N[C@H](C)CCc3ccccc3)cc12. The quantitative estimate of drug-likeness (QED) is 0.544. The van der Waals surface area contributed by atoms with Crippen LogP contribution >= 0.6 is 0 Å². The first-order valence-electron chi connectivity index (χ1n) is 9.25. The Morgan fingerprint density at radius 1 is 1.07 bits per heavy atom. The average Bonchev–Trinajstić information content (AvgIpc) is 3.14. The van der Waals surface area contributed by atoms with E-state index in [1.807, 2.05) is 56.3 Å². The van der Waals surface area contributed by atoms with Crippen LogP contribution in [0.4, 0.5) is 0 Å². The van der Waals surface area contributed by atoms with E-state index < -0.39 is 0 Å². The minimum absolute atomic E-state index is 0.0573. The molecule has 0 unspecified atom stereocenters. The fraction of sp³-hybridized carbons (Fsp3) is 0.217. The summed E-state index contributed by atoms with van der Waals surface area (Å²) in [7, 11) is 0. The van der Waals surface area contributed by atoms with E-state index in [0.717, 1.165) is 40.4 Å². The number of aryl methyl sites for hydroxylation is 2. The summed E-state index contributed by atoms with van der Waals surface area (Å²) in [5, 5.41) is 4.85. The van der Waals surface area contributed by atoms with Gasteiger partial charge in [-0.2, -0.15) is 0 Å². The number of nitrogens with zero attached hydrogens (tertiary/aromatic N) is 1. The third kappa shape index (κ3) is 3.56. The molecule has 0 aliphatic carbocycles. The van der Waals surface area contributed by atoms with Crippen molar-refractivity contribution >= 4 is 27.8 Å². The van der Waals surface area contributed by atoms with E-state index in [2.05, 4.69) is 22.4 Å². The molecule has 1 atom stereocenters. The van der Waals surface area contributed by atoms with Crippen molar-refractivity contribution in [2.45, 2.75) is 32.7 Å². The number of hydrogen-bond donors (Lipinski definition) is 1. The molecule has 4 rings (SSSR count). The Hall–Kier alpha value is -3.14. The van der Waals surface area contributed by atoms with Crippen LogP contribution in [0.3, 0.4) is 0 Å². The summed E-state index contributed by atoms with van der Waals surface area (Å²) in [6.07, 6.45) is 1.80. The zero-order chi connectivity index (χ0) is 18.8. The number of para-hydroxylation sites is 1. The molecule has 27 heavy (non-hydrogen) atoms. The maximum Gasteiger partial charge on any atom is 0.287 e. The second kappa shape index (κ2) is 7.23. The summed E-state index contributed by atoms with van der Waals surface area (Å²) in [5.41, 5.74) is 3.74. The lowest BCUT2D eigenvalue weighted by Crippen LogP contribution is -2.32. The molecule has 2 aromatic heterocycles. The van der Waals surface area contributed by atoms with Gasteiger partial charge < -0.3 is 9.73 Å². The van der Waals surface area contributed by atoms with Crippen LogP contribution in [0.25, 0.3) is 21.9 Å². The lowest BCUT2D eigenvalue weighted by Gasteiger charge is -2.12. The first kappa shape index (κ1) is 17.3. The normalized spacial score (nSPS) is 12.4. The molecular weight excluding hydrogens is 336 g/mol. The molecule has 0 aliphatic rings. The van der Waals surface area contributed by atoms with Gasteiger partial charge in [0.1, 0.15) is 5.58 Å². The second-order valence-corrected chi connectivity index (χ2v) is 6.97. The number of furan rings is 1. The van der Waals surface area contributed by atoms with Crippen molar-refractivity contribution in [2.24, 2.45) is 0 Å². The number of rotatable bonds is 5. The minimum Gasteiger partial charge on any atom is -0.450 e. The standard InChI is InChI=1S/C23H22N2O2/c1-15(12-13-17-8-4-3-5-9-17)24-23(26)21-14-19-16(2)25-20-11-7-6-10-18(20)22(19)27-21/h3-11,14-15H,12-13H2,1-2H3,(H,24,26)/t15-/m1/s1. The van der Waals surface area contributed by atoms with E-state index >= 15 is 0 Å². The highest BCUT2D eigenvalue weighted by molar-refractivity contribution is 6.06. The molecule has 0 saturated carbocycles. The largest absolute Gasteiger partial charge is 0.450 e. The molecular formula is C23H22N2O2. The average molecular weight is 358 g/mol. The van der Waals surface area contributed by atoms with Crippen LogP contribution in [-0.2, 0) is 6.42 Å². The molecule has 0 spiro atoms. The van der Waals surface area contributed by atoms with E-state index in [1.165, 1.54) is 5.56 Å². The summed E-state index contributed by atoms with van der Waals surface area (Å²) in [4.78, 5) is 17.3. The predicted molar refractivity (Wildman–Crippen MR) is 108 cm³/mol. The number of pyridine rings is 1. The molecule has 0 fully saturated rings. The van der Waals surface area contributed by atoms with Gasteiger partial charge in [-0.25, -0.2) is 0 Å². The highest BCUT2D eigenvalue weighted by atomic mass is 16.3. The van der Waals surface area contributed by atoms with Crippen molar-refractivity contribution in [3.63, 3.8) is 0 Å². The Morgan fingerprint density at radius 3 is 2.63 bits per heavy atom. The topological polar surface area (TPSA) is 55.1 Å². The third-order valence-electron chi connectivity index (χ3n) is 4.87. The fourth-order valence-electron chi connectivity index (χ4n) is 3.37. The van der Waals surface area contributed by atoms with Crippen LogP contribution in [0.1, 0.15) is 35.2 Å². The number of carbonyl (C=O) groups excluding carboxylic acids is 1. The van der Waals surface area contributed by atoms with Crippen molar-refractivity contribution < 1.29 is 9.21 Å². The van der Waals surface area contributed by atoms with Gasteiger partial charge in [0.25, 0.3) is 5.91 Å². The molecule has 4 aromatic rings. The lowest BCUT2D eigenvalue weighted by atomic mass is 10.1. The zero-order valence-electron chi connectivity index (χ0n) is 15.5. The van der Waals surface area contributed by atoms with E-state index in [1.54, 1.807) is 6.07 Å². The fourth-order valence-corrected chi connectivity index (χ4v) is 3.37. The number of nitrogens with one attached hydrogen (secondary N) is 1. The number of fused-ring (bicyclic) bond motifs is 3. The molecule has 1 amide bonds. The van der Waals surface area contributed by atoms with Gasteiger partial charge in [-0.05, 0) is 50.5 Å². The van der Waals surface area contributed by atoms with Crippen LogP contribution in [0.2, 0.25) is 0 Å². The number of carbonyl (C=O) groups is 1. The van der Waals surface area contributed by atoms with Crippen LogP contribution < -0.4 is 5.32 Å². The van der Waals surface area contributed by atoms with E-state index in [0.29, 0.717) is 5.76 Å². The molecule has 4 nitrogen and oxygen atoms in total. The van der Waals surface area contributed by atoms with Gasteiger partial charge in [0.15, 0.2) is 5.76 Å². The van der Waals surface area contributed by atoms with Crippen LogP contribution in [0.15, 0.2) is 65.1 Å². The molecule has 1 N–H and O–H groups in total. The molecule has 2 heterocycles. The monoisotopic (exact) mass is 358 g/mol. The van der Waals surface area contributed by atoms with Gasteiger partial charge in [-0.1, -0.05) is 42.5 Å². The second-order valence-electron chi connectivity index (χ2n) is 6.97. The Bertz CT molecular complexity index is 1100. The van der Waals surface area contributed by atoms with Crippen LogP contribution in [-0.4, -0.2) is 16.9 Å². The highest BCUT2D eigenvalue weighted by Crippen LogP contribution is 2.29. The van der Waals surface area contributed by atoms with Gasteiger partial charge in [0.05, 0.1) is 5.52 Å². The number of amides is 1. The summed E-state index contributed by atoms with van der Waals surface area (Å²) >= 11 is 0. The van der Waals surface area contributed by atoms with Gasteiger partial charge in [-0.3, -0.25) is 9.78 Å². The van der Waals surface area contributed by atoms with Gasteiger partial charge >= 0.3 is 0 Å². The Kier molecular flexibility index (Phi) is 4.63. The van der Waals surface area contributed by atoms with Crippen LogP contribution in [0, 0.1) is 6.92 Å². The first-order valence-corrected chi connectivity index (χ1v) is 9.25. The molecule has 0 radical (unpaired) electrons. The minimum atomic E-state index is -0.185. The predicted octanol–water partition coefficient (Wildman–Crippen LogP) is 5.04. The van der Waals surface area contributed by atoms with Crippen LogP contribution in [0.5, 0.6) is 0 Å². The van der Waals surface area contributed by atoms with Crippen molar-refractivity contribution in [2.75, 3.05) is 0 Å². The Labute approximate surface area is 158 Å². The smallest absolute Gasteiger partial charge is 0.287 e. The molecule has 0 aliphatic heterocycles. The van der Waals surface area contributed by atoms with Gasteiger partial charge in [-0.15, -0.1) is 0 Å². The number of benzene rings is 2. The Balaban J connectivity index is 1.52. The summed E-state index contributed by atoms with van der Waals surface area (Å²) in [6.45, 7) is 3.96. The van der Waals surface area contributed by atoms with E-state index in [-0.39, 0.29) is 11.9 Å². The molecule has 136 valence electrons. The zero-order valence-corrected chi connectivity index (χ0v) is 15.5. The highest BCUT2D eigenvalue weighted by Gasteiger charge is 2.18.